The maximum atomic E-state index is 5.42. The van der Waals surface area contributed by atoms with Gasteiger partial charge in [-0.05, 0) is 46.5 Å². The monoisotopic (exact) mass is 355 g/mol. The lowest BCUT2D eigenvalue weighted by Gasteiger charge is -2.13. The third kappa shape index (κ3) is 4.52. The summed E-state index contributed by atoms with van der Waals surface area (Å²) in [7, 11) is 0. The van der Waals surface area contributed by atoms with E-state index >= 15 is 0 Å². The summed E-state index contributed by atoms with van der Waals surface area (Å²) in [5.74, 6) is 2.95. The minimum absolute atomic E-state index is 0.277. The van der Waals surface area contributed by atoms with E-state index in [9.17, 15) is 0 Å². The molecule has 1 heterocycles. The van der Waals surface area contributed by atoms with Gasteiger partial charge in [0.2, 0.25) is 6.79 Å². The molecule has 1 aliphatic heterocycles. The van der Waals surface area contributed by atoms with Crippen molar-refractivity contribution in [3.05, 3.63) is 22.2 Å². The molecule has 0 aromatic heterocycles. The van der Waals surface area contributed by atoms with E-state index in [2.05, 4.69) is 52.3 Å². The van der Waals surface area contributed by atoms with Gasteiger partial charge in [-0.15, -0.1) is 0 Å². The topological polar surface area (TPSA) is 54.9 Å². The Bertz CT molecular complexity index is 518. The van der Waals surface area contributed by atoms with E-state index in [1.807, 2.05) is 12.1 Å². The molecule has 0 atom stereocenters. The van der Waals surface area contributed by atoms with Crippen LogP contribution >= 0.6 is 15.9 Å². The highest BCUT2D eigenvalue weighted by atomic mass is 79.9. The first-order valence-corrected chi connectivity index (χ1v) is 7.99. The lowest BCUT2D eigenvalue weighted by atomic mass is 10.2. The second-order valence-corrected chi connectivity index (χ2v) is 6.14. The molecule has 6 heteroatoms. The van der Waals surface area contributed by atoms with Crippen LogP contribution in [0.25, 0.3) is 0 Å². The number of rotatable bonds is 5. The zero-order valence-corrected chi connectivity index (χ0v) is 14.3. The lowest BCUT2D eigenvalue weighted by molar-refractivity contribution is 0.173. The van der Waals surface area contributed by atoms with Crippen LogP contribution in [0.1, 0.15) is 26.3 Å². The second-order valence-electron chi connectivity index (χ2n) is 5.28. The molecule has 0 fully saturated rings. The molecule has 5 nitrogen and oxygen atoms in total. The minimum atomic E-state index is 0.277. The van der Waals surface area contributed by atoms with E-state index in [1.165, 1.54) is 0 Å². The molecule has 0 saturated heterocycles. The molecule has 21 heavy (non-hydrogen) atoms. The number of ether oxygens (including phenoxy) is 2. The van der Waals surface area contributed by atoms with Crippen molar-refractivity contribution in [2.75, 3.05) is 19.9 Å². The molecule has 0 bridgehead atoms. The molecule has 0 radical (unpaired) electrons. The zero-order chi connectivity index (χ0) is 15.2. The highest BCUT2D eigenvalue weighted by Gasteiger charge is 2.17. The first-order valence-electron chi connectivity index (χ1n) is 7.20. The predicted octanol–water partition coefficient (Wildman–Crippen LogP) is 2.89. The highest BCUT2D eigenvalue weighted by molar-refractivity contribution is 9.10. The number of fused-ring (bicyclic) bond motifs is 1. The molecule has 0 spiro atoms. The summed E-state index contributed by atoms with van der Waals surface area (Å²) in [5, 5.41) is 6.57. The second kappa shape index (κ2) is 7.54. The van der Waals surface area contributed by atoms with Gasteiger partial charge in [0.15, 0.2) is 17.5 Å². The standard InChI is InChI=1S/C15H22BrN3O2/c1-4-17-15(18-7-10(2)3)19-8-11-5-12(16)14-13(6-11)20-9-21-14/h5-6,10H,4,7-9H2,1-3H3,(H2,17,18,19). The number of halogens is 1. The maximum Gasteiger partial charge on any atom is 0.231 e. The Balaban J connectivity index is 2.05. The van der Waals surface area contributed by atoms with E-state index in [0.717, 1.165) is 40.6 Å². The molecule has 1 aliphatic rings. The number of hydrogen-bond acceptors (Lipinski definition) is 3. The van der Waals surface area contributed by atoms with E-state index < -0.39 is 0 Å². The normalized spacial score (nSPS) is 13.7. The van der Waals surface area contributed by atoms with Crippen molar-refractivity contribution >= 4 is 21.9 Å². The number of nitrogens with one attached hydrogen (secondary N) is 2. The van der Waals surface area contributed by atoms with Crippen molar-refractivity contribution in [3.8, 4) is 11.5 Å². The van der Waals surface area contributed by atoms with Gasteiger partial charge in [0.1, 0.15) is 0 Å². The van der Waals surface area contributed by atoms with Gasteiger partial charge in [-0.25, -0.2) is 4.99 Å². The molecular formula is C15H22BrN3O2. The van der Waals surface area contributed by atoms with Crippen molar-refractivity contribution in [2.45, 2.75) is 27.3 Å². The highest BCUT2D eigenvalue weighted by Crippen LogP contribution is 2.40. The fourth-order valence-electron chi connectivity index (χ4n) is 1.92. The molecule has 1 aromatic rings. The molecule has 0 unspecified atom stereocenters. The van der Waals surface area contributed by atoms with Crippen molar-refractivity contribution in [1.29, 1.82) is 0 Å². The van der Waals surface area contributed by atoms with Crippen LogP contribution in [0.4, 0.5) is 0 Å². The first kappa shape index (κ1) is 15.9. The van der Waals surface area contributed by atoms with Gasteiger partial charge < -0.3 is 20.1 Å². The number of benzene rings is 1. The van der Waals surface area contributed by atoms with Crippen LogP contribution in [-0.4, -0.2) is 25.8 Å². The van der Waals surface area contributed by atoms with Crippen LogP contribution in [0.3, 0.4) is 0 Å². The van der Waals surface area contributed by atoms with Crippen LogP contribution in [0.15, 0.2) is 21.6 Å². The third-order valence-electron chi connectivity index (χ3n) is 2.93. The number of aliphatic imine (C=N–C) groups is 1. The average Bonchev–Trinajstić information content (AvgIpc) is 2.90. The van der Waals surface area contributed by atoms with Crippen LogP contribution < -0.4 is 20.1 Å². The molecule has 2 rings (SSSR count). The van der Waals surface area contributed by atoms with Crippen molar-refractivity contribution in [1.82, 2.24) is 10.6 Å². The molecule has 0 amide bonds. The van der Waals surface area contributed by atoms with Gasteiger partial charge in [-0.3, -0.25) is 0 Å². The number of nitrogens with zero attached hydrogens (tertiary/aromatic N) is 1. The zero-order valence-electron chi connectivity index (χ0n) is 12.7. The first-order chi connectivity index (χ1) is 10.1. The third-order valence-corrected chi connectivity index (χ3v) is 3.52. The van der Waals surface area contributed by atoms with Gasteiger partial charge in [0, 0.05) is 13.1 Å². The number of hydrogen-bond donors (Lipinski definition) is 2. The van der Waals surface area contributed by atoms with Crippen molar-refractivity contribution in [3.63, 3.8) is 0 Å². The van der Waals surface area contributed by atoms with E-state index in [0.29, 0.717) is 12.5 Å². The molecule has 0 aliphatic carbocycles. The SMILES string of the molecule is CCNC(=NCc1cc(Br)c2c(c1)OCO2)NCC(C)C. The Morgan fingerprint density at radius 2 is 2.14 bits per heavy atom. The average molecular weight is 356 g/mol. The Morgan fingerprint density at radius 3 is 2.86 bits per heavy atom. The van der Waals surface area contributed by atoms with Gasteiger partial charge in [0.25, 0.3) is 0 Å². The van der Waals surface area contributed by atoms with E-state index in [1.54, 1.807) is 0 Å². The summed E-state index contributed by atoms with van der Waals surface area (Å²) in [6, 6.07) is 3.99. The Labute approximate surface area is 134 Å². The smallest absolute Gasteiger partial charge is 0.231 e. The fourth-order valence-corrected chi connectivity index (χ4v) is 2.53. The van der Waals surface area contributed by atoms with Crippen LogP contribution in [-0.2, 0) is 6.54 Å². The lowest BCUT2D eigenvalue weighted by Crippen LogP contribution is -2.39. The quantitative estimate of drug-likeness (QED) is 0.629. The Hall–Kier alpha value is -1.43. The van der Waals surface area contributed by atoms with E-state index in [4.69, 9.17) is 9.47 Å². The summed E-state index contributed by atoms with van der Waals surface area (Å²) in [4.78, 5) is 4.60. The summed E-state index contributed by atoms with van der Waals surface area (Å²) in [6.45, 7) is 9.01. The molecule has 116 valence electrons. The van der Waals surface area contributed by atoms with Gasteiger partial charge in [-0.1, -0.05) is 13.8 Å². The largest absolute Gasteiger partial charge is 0.454 e. The van der Waals surface area contributed by atoms with E-state index in [-0.39, 0.29) is 6.79 Å². The molecule has 0 saturated carbocycles. The summed E-state index contributed by atoms with van der Waals surface area (Å²) < 4.78 is 11.7. The van der Waals surface area contributed by atoms with Crippen molar-refractivity contribution < 1.29 is 9.47 Å². The van der Waals surface area contributed by atoms with Gasteiger partial charge in [0.05, 0.1) is 11.0 Å². The Kier molecular flexibility index (Phi) is 5.73. The molecule has 2 N–H and O–H groups in total. The maximum absolute atomic E-state index is 5.42. The molecular weight excluding hydrogens is 334 g/mol. The minimum Gasteiger partial charge on any atom is -0.454 e. The van der Waals surface area contributed by atoms with Crippen LogP contribution in [0.2, 0.25) is 0 Å². The van der Waals surface area contributed by atoms with Gasteiger partial charge in [-0.2, -0.15) is 0 Å². The predicted molar refractivity (Wildman–Crippen MR) is 87.9 cm³/mol. The van der Waals surface area contributed by atoms with Crippen LogP contribution in [0, 0.1) is 5.92 Å². The molecule has 1 aromatic carbocycles. The number of guanidine groups is 1. The van der Waals surface area contributed by atoms with Gasteiger partial charge >= 0.3 is 0 Å². The Morgan fingerprint density at radius 1 is 1.33 bits per heavy atom. The summed E-state index contributed by atoms with van der Waals surface area (Å²) in [6.07, 6.45) is 0. The summed E-state index contributed by atoms with van der Waals surface area (Å²) in [5.41, 5.74) is 1.08. The van der Waals surface area contributed by atoms with Crippen LogP contribution in [0.5, 0.6) is 11.5 Å². The fraction of sp³-hybridized carbons (Fsp3) is 0.533. The summed E-state index contributed by atoms with van der Waals surface area (Å²) >= 11 is 3.50. The van der Waals surface area contributed by atoms with Crippen molar-refractivity contribution in [2.24, 2.45) is 10.9 Å².